The van der Waals surface area contributed by atoms with Gasteiger partial charge in [-0.25, -0.2) is 23.5 Å². The van der Waals surface area contributed by atoms with Crippen molar-refractivity contribution < 1.29 is 18.7 Å². The number of hydrogen-bond acceptors (Lipinski definition) is 7. The molecule has 0 saturated heterocycles. The molecule has 1 fully saturated rings. The van der Waals surface area contributed by atoms with Crippen LogP contribution in [0.15, 0.2) is 18.3 Å². The lowest BCUT2D eigenvalue weighted by molar-refractivity contribution is 0.180. The summed E-state index contributed by atoms with van der Waals surface area (Å²) in [6.45, 7) is 1.70. The Labute approximate surface area is 177 Å². The van der Waals surface area contributed by atoms with Gasteiger partial charge in [0, 0.05) is 19.2 Å². The maximum Gasteiger partial charge on any atom is 0.404 e. The molecule has 5 N–H and O–H groups in total. The number of pyridine rings is 2. The molecule has 2 aromatic heterocycles. The third-order valence-corrected chi connectivity index (χ3v) is 5.29. The summed E-state index contributed by atoms with van der Waals surface area (Å²) in [6.07, 6.45) is 2.96. The molecule has 1 aliphatic rings. The molecule has 9 nitrogen and oxygen atoms in total. The standard InChI is InChI=1S/C20H23F2N7O2/c1-10(26-20(30)31)16(11-4-3-5-11)28-19-14(21)6-12(8-23)17(29-19)27-13-7-15(22)18(24-2)25-9-13/h6-7,9-11,16,26H,3-5H2,1-2H3,(H,24,25)(H,30,31)(H2,27,28,29)/t10-,16+/m0/s1. The third kappa shape index (κ3) is 5.09. The van der Waals surface area contributed by atoms with E-state index < -0.39 is 23.8 Å². The van der Waals surface area contributed by atoms with E-state index in [4.69, 9.17) is 5.11 Å². The predicted octanol–water partition coefficient (Wildman–Crippen LogP) is 3.65. The summed E-state index contributed by atoms with van der Waals surface area (Å²) in [5, 5.41) is 29.2. The van der Waals surface area contributed by atoms with Gasteiger partial charge in [0.2, 0.25) is 0 Å². The summed E-state index contributed by atoms with van der Waals surface area (Å²) in [5.41, 5.74) is 0.160. The van der Waals surface area contributed by atoms with E-state index in [1.165, 1.54) is 19.3 Å². The number of aromatic nitrogens is 2. The number of nitrogens with zero attached hydrogens (tertiary/aromatic N) is 3. The molecule has 1 saturated carbocycles. The number of nitriles is 1. The van der Waals surface area contributed by atoms with E-state index in [1.54, 1.807) is 6.92 Å². The SMILES string of the molecule is CNc1ncc(Nc2nc(N[C@@H](C3CCC3)[C@H](C)NC(=O)O)c(F)cc2C#N)cc1F. The van der Waals surface area contributed by atoms with Crippen molar-refractivity contribution in [3.8, 4) is 6.07 Å². The van der Waals surface area contributed by atoms with Gasteiger partial charge in [-0.3, -0.25) is 0 Å². The molecular formula is C20H23F2N7O2. The average molecular weight is 431 g/mol. The maximum absolute atomic E-state index is 14.7. The minimum absolute atomic E-state index is 0.0241. The van der Waals surface area contributed by atoms with Gasteiger partial charge in [-0.05, 0) is 31.7 Å². The van der Waals surface area contributed by atoms with E-state index >= 15 is 0 Å². The van der Waals surface area contributed by atoms with Gasteiger partial charge >= 0.3 is 6.09 Å². The van der Waals surface area contributed by atoms with Gasteiger partial charge in [-0.1, -0.05) is 6.42 Å². The fraction of sp³-hybridized carbons (Fsp3) is 0.400. The Morgan fingerprint density at radius 3 is 2.52 bits per heavy atom. The molecule has 0 unspecified atom stereocenters. The molecule has 2 heterocycles. The van der Waals surface area contributed by atoms with Crippen molar-refractivity contribution in [2.75, 3.05) is 23.0 Å². The van der Waals surface area contributed by atoms with Crippen LogP contribution in [-0.2, 0) is 0 Å². The Balaban J connectivity index is 1.89. The third-order valence-electron chi connectivity index (χ3n) is 5.29. The zero-order chi connectivity index (χ0) is 22.5. The van der Waals surface area contributed by atoms with Crippen molar-refractivity contribution in [3.63, 3.8) is 0 Å². The number of anilines is 4. The Bertz CT molecular complexity index is 1010. The number of nitrogens with one attached hydrogen (secondary N) is 4. The second kappa shape index (κ2) is 9.42. The number of rotatable bonds is 8. The van der Waals surface area contributed by atoms with E-state index in [2.05, 4.69) is 31.2 Å². The summed E-state index contributed by atoms with van der Waals surface area (Å²) in [5.74, 6) is -1.24. The molecule has 2 aromatic rings. The van der Waals surface area contributed by atoms with Crippen molar-refractivity contribution in [1.82, 2.24) is 15.3 Å². The van der Waals surface area contributed by atoms with E-state index in [1.807, 2.05) is 6.07 Å². The highest BCUT2D eigenvalue weighted by atomic mass is 19.1. The number of halogens is 2. The van der Waals surface area contributed by atoms with Crippen molar-refractivity contribution in [3.05, 3.63) is 35.5 Å². The smallest absolute Gasteiger partial charge is 0.404 e. The maximum atomic E-state index is 14.7. The van der Waals surface area contributed by atoms with Crippen LogP contribution in [0.2, 0.25) is 0 Å². The molecule has 0 aliphatic heterocycles. The number of carbonyl (C=O) groups is 1. The zero-order valence-electron chi connectivity index (χ0n) is 17.0. The average Bonchev–Trinajstić information content (AvgIpc) is 2.67. The summed E-state index contributed by atoms with van der Waals surface area (Å²) in [4.78, 5) is 19.2. The molecule has 0 aromatic carbocycles. The molecule has 3 rings (SSSR count). The van der Waals surface area contributed by atoms with Crippen molar-refractivity contribution >= 4 is 29.2 Å². The zero-order valence-corrected chi connectivity index (χ0v) is 17.0. The minimum Gasteiger partial charge on any atom is -0.465 e. The summed E-state index contributed by atoms with van der Waals surface area (Å²) < 4.78 is 28.7. The number of hydrogen-bond donors (Lipinski definition) is 5. The van der Waals surface area contributed by atoms with Gasteiger partial charge in [0.05, 0.1) is 23.5 Å². The van der Waals surface area contributed by atoms with Crippen LogP contribution in [0.3, 0.4) is 0 Å². The minimum atomic E-state index is -1.17. The Morgan fingerprint density at radius 1 is 1.26 bits per heavy atom. The van der Waals surface area contributed by atoms with Crippen molar-refractivity contribution in [2.45, 2.75) is 38.3 Å². The van der Waals surface area contributed by atoms with Gasteiger partial charge in [0.25, 0.3) is 0 Å². The van der Waals surface area contributed by atoms with Crippen LogP contribution in [0.4, 0.5) is 36.7 Å². The molecule has 11 heteroatoms. The van der Waals surface area contributed by atoms with Gasteiger partial charge < -0.3 is 26.4 Å². The molecule has 2 atom stereocenters. The largest absolute Gasteiger partial charge is 0.465 e. The molecule has 164 valence electrons. The first-order valence-corrected chi connectivity index (χ1v) is 9.79. The van der Waals surface area contributed by atoms with Crippen molar-refractivity contribution in [1.29, 1.82) is 5.26 Å². The monoisotopic (exact) mass is 431 g/mol. The highest BCUT2D eigenvalue weighted by molar-refractivity contribution is 5.66. The van der Waals surface area contributed by atoms with Gasteiger partial charge in [-0.2, -0.15) is 5.26 Å². The molecule has 0 spiro atoms. The highest BCUT2D eigenvalue weighted by Crippen LogP contribution is 2.33. The lowest BCUT2D eigenvalue weighted by Crippen LogP contribution is -2.50. The van der Waals surface area contributed by atoms with E-state index in [9.17, 15) is 18.8 Å². The summed E-state index contributed by atoms with van der Waals surface area (Å²) in [6, 6.07) is 3.17. The molecule has 1 aliphatic carbocycles. The second-order valence-corrected chi connectivity index (χ2v) is 7.36. The van der Waals surface area contributed by atoms with Crippen LogP contribution in [-0.4, -0.2) is 40.3 Å². The first-order valence-electron chi connectivity index (χ1n) is 9.79. The number of amides is 1. The van der Waals surface area contributed by atoms with Crippen LogP contribution in [0.5, 0.6) is 0 Å². The lowest BCUT2D eigenvalue weighted by atomic mass is 9.77. The fourth-order valence-electron chi connectivity index (χ4n) is 3.49. The van der Waals surface area contributed by atoms with Crippen LogP contribution < -0.4 is 21.3 Å². The second-order valence-electron chi connectivity index (χ2n) is 7.36. The van der Waals surface area contributed by atoms with Crippen LogP contribution >= 0.6 is 0 Å². The summed E-state index contributed by atoms with van der Waals surface area (Å²) in [7, 11) is 1.53. The van der Waals surface area contributed by atoms with Crippen LogP contribution in [0, 0.1) is 28.9 Å². The summed E-state index contributed by atoms with van der Waals surface area (Å²) >= 11 is 0. The Hall–Kier alpha value is -3.68. The normalized spacial score (nSPS) is 15.2. The predicted molar refractivity (Wildman–Crippen MR) is 111 cm³/mol. The Kier molecular flexibility index (Phi) is 6.69. The molecule has 0 radical (unpaired) electrons. The van der Waals surface area contributed by atoms with Gasteiger partial charge in [-0.15, -0.1) is 0 Å². The van der Waals surface area contributed by atoms with E-state index in [-0.39, 0.29) is 40.7 Å². The van der Waals surface area contributed by atoms with Crippen LogP contribution in [0.25, 0.3) is 0 Å². The number of carboxylic acid groups (broad SMARTS) is 1. The molecule has 0 bridgehead atoms. The molecule has 31 heavy (non-hydrogen) atoms. The molecular weight excluding hydrogens is 408 g/mol. The first-order chi connectivity index (χ1) is 14.8. The lowest BCUT2D eigenvalue weighted by Gasteiger charge is -2.38. The topological polar surface area (TPSA) is 135 Å². The Morgan fingerprint density at radius 2 is 1.97 bits per heavy atom. The van der Waals surface area contributed by atoms with Gasteiger partial charge in [0.1, 0.15) is 6.07 Å². The first kappa shape index (κ1) is 22.0. The van der Waals surface area contributed by atoms with Gasteiger partial charge in [0.15, 0.2) is 29.1 Å². The van der Waals surface area contributed by atoms with Crippen molar-refractivity contribution in [2.24, 2.45) is 5.92 Å². The van der Waals surface area contributed by atoms with Crippen LogP contribution in [0.1, 0.15) is 31.7 Å². The quantitative estimate of drug-likeness (QED) is 0.427. The fourth-order valence-corrected chi connectivity index (χ4v) is 3.49. The van der Waals surface area contributed by atoms with E-state index in [0.717, 1.165) is 25.3 Å². The molecule has 1 amide bonds. The van der Waals surface area contributed by atoms with E-state index in [0.29, 0.717) is 0 Å². The highest BCUT2D eigenvalue weighted by Gasteiger charge is 2.33.